The fourth-order valence-electron chi connectivity index (χ4n) is 2.91. The van der Waals surface area contributed by atoms with Crippen LogP contribution in [-0.4, -0.2) is 35.5 Å². The average molecular weight is 449 g/mol. The molecule has 0 aliphatic rings. The van der Waals surface area contributed by atoms with Gasteiger partial charge in [0.2, 0.25) is 0 Å². The van der Waals surface area contributed by atoms with Crippen molar-refractivity contribution >= 4 is 58.9 Å². The number of benzene rings is 3. The van der Waals surface area contributed by atoms with E-state index in [1.807, 2.05) is 54.6 Å². The van der Waals surface area contributed by atoms with Crippen LogP contribution in [0.2, 0.25) is 0 Å². The van der Waals surface area contributed by atoms with Crippen LogP contribution >= 0.6 is 7.49 Å². The molecule has 25 heavy (non-hydrogen) atoms. The summed E-state index contributed by atoms with van der Waals surface area (Å²) in [6.07, 6.45) is 0. The predicted octanol–water partition coefficient (Wildman–Crippen LogP) is 2.54. The van der Waals surface area contributed by atoms with E-state index < -0.39 is 7.49 Å². The Morgan fingerprint density at radius 2 is 0.960 bits per heavy atom. The van der Waals surface area contributed by atoms with E-state index in [4.69, 9.17) is 4.52 Å². The minimum atomic E-state index is -2.84. The Bertz CT molecular complexity index is 686. The normalized spacial score (nSPS) is 10.8. The van der Waals surface area contributed by atoms with Crippen LogP contribution in [0.25, 0.3) is 0 Å². The molecule has 3 aromatic rings. The quantitative estimate of drug-likeness (QED) is 0.452. The largest absolute Gasteiger partial charge is 0 e. The van der Waals surface area contributed by atoms with Gasteiger partial charge in [0, 0.05) is 19.5 Å². The Balaban J connectivity index is 0.00000156. The molecule has 0 N–H and O–H groups in total. The second kappa shape index (κ2) is 10.4. The second-order valence-corrected chi connectivity index (χ2v) is 8.67. The average Bonchev–Trinajstić information content (AvgIpc) is 2.62. The van der Waals surface area contributed by atoms with Gasteiger partial charge in [0.25, 0.3) is 0 Å². The summed E-state index contributed by atoms with van der Waals surface area (Å²) < 4.78 is 6.10. The van der Waals surface area contributed by atoms with E-state index >= 15 is 0 Å². The smallest absolute Gasteiger partial charge is 0 e. The van der Waals surface area contributed by atoms with Crippen molar-refractivity contribution in [1.82, 2.24) is 0 Å². The van der Waals surface area contributed by atoms with Crippen molar-refractivity contribution in [1.29, 1.82) is 0 Å². The van der Waals surface area contributed by atoms with E-state index in [0.717, 1.165) is 15.9 Å². The zero-order valence-corrected chi connectivity index (χ0v) is 15.9. The van der Waals surface area contributed by atoms with Crippen LogP contribution < -0.4 is 15.9 Å². The maximum atomic E-state index is 12.0. The molecule has 127 valence electrons. The van der Waals surface area contributed by atoms with Gasteiger partial charge in [-0.05, 0) is 0 Å². The standard InChI is InChI=1S/C20H19O2P.Na.Rh.H/c1-17(21)22-23(18-11-5-2-6-12-18,19-13-7-3-8-14-19)20-15-9-4-10-16-20;;;/h2-16,23H,1H3;;;. The van der Waals surface area contributed by atoms with Crippen LogP contribution in [0, 0.1) is 0 Å². The minimum Gasteiger partial charge on any atom is 0 e. The van der Waals surface area contributed by atoms with Crippen LogP contribution in [0.4, 0.5) is 0 Å². The van der Waals surface area contributed by atoms with Gasteiger partial charge in [-0.2, -0.15) is 0 Å². The van der Waals surface area contributed by atoms with Crippen molar-refractivity contribution in [2.45, 2.75) is 6.92 Å². The minimum absolute atomic E-state index is 0. The second-order valence-electron chi connectivity index (χ2n) is 5.37. The van der Waals surface area contributed by atoms with Crippen molar-refractivity contribution in [2.75, 3.05) is 0 Å². The fraction of sp³-hybridized carbons (Fsp3) is 0.0500. The van der Waals surface area contributed by atoms with E-state index in [1.165, 1.54) is 6.92 Å². The van der Waals surface area contributed by atoms with Gasteiger partial charge in [-0.3, -0.25) is 0 Å². The monoisotopic (exact) mass is 449 g/mol. The molecule has 2 nitrogen and oxygen atoms in total. The molecule has 0 amide bonds. The molecule has 0 aliphatic heterocycles. The van der Waals surface area contributed by atoms with Crippen LogP contribution in [0.5, 0.6) is 0 Å². The zero-order valence-electron chi connectivity index (χ0n) is 13.3. The first-order chi connectivity index (χ1) is 11.2. The third-order valence-electron chi connectivity index (χ3n) is 3.84. The molecule has 3 aromatic carbocycles. The Morgan fingerprint density at radius 3 is 1.20 bits per heavy atom. The van der Waals surface area contributed by atoms with E-state index in [2.05, 4.69) is 36.4 Å². The summed E-state index contributed by atoms with van der Waals surface area (Å²) in [7, 11) is -2.84. The first kappa shape index (κ1) is 22.2. The third-order valence-corrected chi connectivity index (χ3v) is 7.87. The summed E-state index contributed by atoms with van der Waals surface area (Å²) in [5.74, 6) is -0.256. The number of hydrogen-bond donors (Lipinski definition) is 0. The Kier molecular flexibility index (Phi) is 9.21. The maximum absolute atomic E-state index is 12.0. The molecule has 3 rings (SSSR count). The SMILES string of the molecule is CC(=O)O[PH](c1ccccc1)(c1ccccc1)c1ccccc1.[NaH].[Rh]. The van der Waals surface area contributed by atoms with Gasteiger partial charge in [0.15, 0.2) is 0 Å². The molecule has 0 spiro atoms. The number of rotatable bonds is 4. The van der Waals surface area contributed by atoms with Crippen LogP contribution in [0.1, 0.15) is 6.92 Å². The molecular formula is C20H20NaO2PRh. The summed E-state index contributed by atoms with van der Waals surface area (Å²) in [5.41, 5.74) is 0. The number of carbonyl (C=O) groups excluding carboxylic acids is 1. The van der Waals surface area contributed by atoms with Crippen LogP contribution in [0.3, 0.4) is 0 Å². The maximum Gasteiger partial charge on any atom is 0 e. The van der Waals surface area contributed by atoms with Gasteiger partial charge >= 0.3 is 166 Å². The molecule has 0 bridgehead atoms. The molecule has 0 atom stereocenters. The van der Waals surface area contributed by atoms with Gasteiger partial charge in [-0.15, -0.1) is 0 Å². The molecular weight excluding hydrogens is 429 g/mol. The van der Waals surface area contributed by atoms with Gasteiger partial charge in [0.05, 0.1) is 0 Å². The Morgan fingerprint density at radius 1 is 0.680 bits per heavy atom. The van der Waals surface area contributed by atoms with Crippen LogP contribution in [0.15, 0.2) is 91.0 Å². The van der Waals surface area contributed by atoms with Crippen molar-refractivity contribution in [3.63, 3.8) is 0 Å². The van der Waals surface area contributed by atoms with Crippen molar-refractivity contribution in [3.05, 3.63) is 91.0 Å². The molecule has 5 heteroatoms. The summed E-state index contributed by atoms with van der Waals surface area (Å²) in [6, 6.07) is 30.2. The topological polar surface area (TPSA) is 26.3 Å². The first-order valence-corrected chi connectivity index (χ1v) is 9.50. The molecule has 0 saturated carbocycles. The number of hydrogen-bond acceptors (Lipinski definition) is 2. The summed E-state index contributed by atoms with van der Waals surface area (Å²) >= 11 is 0. The van der Waals surface area contributed by atoms with Crippen molar-refractivity contribution in [2.24, 2.45) is 0 Å². The molecule has 0 aliphatic carbocycles. The molecule has 0 fully saturated rings. The number of carbonyl (C=O) groups is 1. The van der Waals surface area contributed by atoms with Crippen LogP contribution in [-0.2, 0) is 28.8 Å². The first-order valence-electron chi connectivity index (χ1n) is 7.59. The van der Waals surface area contributed by atoms with E-state index in [-0.39, 0.29) is 55.0 Å². The summed E-state index contributed by atoms with van der Waals surface area (Å²) in [5, 5.41) is 3.19. The molecule has 0 saturated heterocycles. The van der Waals surface area contributed by atoms with Crippen molar-refractivity contribution in [3.8, 4) is 0 Å². The predicted molar refractivity (Wildman–Crippen MR) is 105 cm³/mol. The van der Waals surface area contributed by atoms with E-state index in [0.29, 0.717) is 0 Å². The van der Waals surface area contributed by atoms with Crippen molar-refractivity contribution < 1.29 is 28.8 Å². The van der Waals surface area contributed by atoms with Gasteiger partial charge < -0.3 is 0 Å². The molecule has 0 aromatic heterocycles. The third kappa shape index (κ3) is 4.88. The molecule has 1 radical (unpaired) electrons. The summed E-state index contributed by atoms with van der Waals surface area (Å²) in [6.45, 7) is 1.48. The van der Waals surface area contributed by atoms with E-state index in [1.54, 1.807) is 0 Å². The Hall–Kier alpha value is -0.817. The fourth-order valence-corrected chi connectivity index (χ4v) is 6.68. The van der Waals surface area contributed by atoms with Gasteiger partial charge in [0.1, 0.15) is 0 Å². The van der Waals surface area contributed by atoms with Gasteiger partial charge in [-0.1, -0.05) is 0 Å². The van der Waals surface area contributed by atoms with Gasteiger partial charge in [-0.25, -0.2) is 0 Å². The molecule has 0 heterocycles. The Labute approximate surface area is 184 Å². The zero-order chi connectivity index (χ0) is 16.1. The molecule has 0 unspecified atom stereocenters. The summed E-state index contributed by atoms with van der Waals surface area (Å²) in [4.78, 5) is 12.0. The van der Waals surface area contributed by atoms with E-state index in [9.17, 15) is 4.79 Å².